The van der Waals surface area contributed by atoms with Crippen molar-refractivity contribution >= 4 is 51.8 Å². The third-order valence-corrected chi connectivity index (χ3v) is 9.27. The topological polar surface area (TPSA) is 91.0 Å². The average molecular weight is 616 g/mol. The minimum Gasteiger partial charge on any atom is -0.493 e. The molecule has 43 heavy (non-hydrogen) atoms. The summed E-state index contributed by atoms with van der Waals surface area (Å²) in [5.41, 5.74) is 3.11. The lowest BCUT2D eigenvalue weighted by Gasteiger charge is -2.38. The zero-order chi connectivity index (χ0) is 30.7. The first-order valence-corrected chi connectivity index (χ1v) is 15.1. The first kappa shape index (κ1) is 30.2. The van der Waals surface area contributed by atoms with Crippen LogP contribution in [0.3, 0.4) is 0 Å². The highest BCUT2D eigenvalue weighted by atomic mass is 32.2. The normalized spacial score (nSPS) is 16.2. The van der Waals surface area contributed by atoms with Crippen LogP contribution in [0.5, 0.6) is 11.5 Å². The Bertz CT molecular complexity index is 1690. The molecule has 0 saturated carbocycles. The Morgan fingerprint density at radius 1 is 1.00 bits per heavy atom. The van der Waals surface area contributed by atoms with E-state index in [1.54, 1.807) is 39.2 Å². The molecule has 2 aliphatic heterocycles. The maximum Gasteiger partial charge on any atom is 0.270 e. The highest BCUT2D eigenvalue weighted by Crippen LogP contribution is 2.36. The first-order valence-electron chi connectivity index (χ1n) is 13.9. The summed E-state index contributed by atoms with van der Waals surface area (Å²) in [6.45, 7) is 5.08. The van der Waals surface area contributed by atoms with E-state index in [9.17, 15) is 14.9 Å². The number of amides is 1. The molecule has 1 aromatic heterocycles. The summed E-state index contributed by atoms with van der Waals surface area (Å²) in [5, 5.41) is 9.83. The number of methoxy groups -OCH3 is 2. The molecule has 5 rings (SSSR count). The van der Waals surface area contributed by atoms with Crippen LogP contribution < -0.4 is 24.8 Å². The number of ether oxygens (including phenoxy) is 2. The Hall–Kier alpha value is -4.27. The maximum atomic E-state index is 13.6. The van der Waals surface area contributed by atoms with E-state index in [4.69, 9.17) is 21.7 Å². The lowest BCUT2D eigenvalue weighted by molar-refractivity contribution is -0.122. The van der Waals surface area contributed by atoms with Crippen LogP contribution in [0.1, 0.15) is 22.3 Å². The van der Waals surface area contributed by atoms with Gasteiger partial charge in [-0.3, -0.25) is 19.1 Å². The maximum absolute atomic E-state index is 13.6. The van der Waals surface area contributed by atoms with E-state index in [2.05, 4.69) is 28.0 Å². The van der Waals surface area contributed by atoms with Gasteiger partial charge in [0.25, 0.3) is 11.5 Å². The van der Waals surface area contributed by atoms with E-state index in [1.807, 2.05) is 36.4 Å². The molecule has 3 heterocycles. The van der Waals surface area contributed by atoms with Crippen molar-refractivity contribution in [2.45, 2.75) is 13.3 Å². The predicted molar refractivity (Wildman–Crippen MR) is 175 cm³/mol. The van der Waals surface area contributed by atoms with Gasteiger partial charge in [0.2, 0.25) is 0 Å². The number of thioether (sulfide) groups is 1. The van der Waals surface area contributed by atoms with Gasteiger partial charge in [0, 0.05) is 51.0 Å². The van der Waals surface area contributed by atoms with Gasteiger partial charge >= 0.3 is 0 Å². The quantitative estimate of drug-likeness (QED) is 0.271. The minimum atomic E-state index is -0.347. The molecule has 0 spiro atoms. The van der Waals surface area contributed by atoms with E-state index in [0.29, 0.717) is 63.7 Å². The summed E-state index contributed by atoms with van der Waals surface area (Å²) in [5.74, 6) is 1.77. The molecule has 0 atom stereocenters. The molecular weight excluding hydrogens is 583 g/mol. The number of pyridine rings is 1. The molecular formula is C32H33N5O4S2. The van der Waals surface area contributed by atoms with Crippen molar-refractivity contribution in [3.63, 3.8) is 0 Å². The van der Waals surface area contributed by atoms with Gasteiger partial charge in [-0.15, -0.1) is 0 Å². The highest BCUT2D eigenvalue weighted by Gasteiger charge is 2.33. The Balaban J connectivity index is 1.42. The summed E-state index contributed by atoms with van der Waals surface area (Å²) in [4.78, 5) is 33.4. The minimum absolute atomic E-state index is 0.0735. The molecule has 2 aromatic carbocycles. The van der Waals surface area contributed by atoms with Gasteiger partial charge in [-0.05, 0) is 54.8 Å². The average Bonchev–Trinajstić information content (AvgIpc) is 3.30. The fourth-order valence-electron chi connectivity index (χ4n) is 5.51. The Morgan fingerprint density at radius 3 is 2.33 bits per heavy atom. The number of nitriles is 1. The number of rotatable bonds is 8. The summed E-state index contributed by atoms with van der Waals surface area (Å²) >= 11 is 6.86. The fraction of sp³-hybridized carbons (Fsp3) is 0.312. The van der Waals surface area contributed by atoms with Gasteiger partial charge in [-0.1, -0.05) is 48.2 Å². The van der Waals surface area contributed by atoms with E-state index in [-0.39, 0.29) is 17.0 Å². The summed E-state index contributed by atoms with van der Waals surface area (Å²) < 4.78 is 12.7. The molecule has 0 unspecified atom stereocenters. The van der Waals surface area contributed by atoms with Gasteiger partial charge in [-0.25, -0.2) is 0 Å². The van der Waals surface area contributed by atoms with E-state index < -0.39 is 0 Å². The van der Waals surface area contributed by atoms with Gasteiger partial charge in [0.15, 0.2) is 11.5 Å². The molecule has 0 bridgehead atoms. The number of carbonyl (C=O) groups excluding carboxylic acids is 1. The van der Waals surface area contributed by atoms with E-state index in [1.165, 1.54) is 16.3 Å². The number of para-hydroxylation sites is 1. The van der Waals surface area contributed by atoms with E-state index in [0.717, 1.165) is 24.3 Å². The molecule has 3 aromatic rings. The van der Waals surface area contributed by atoms with Gasteiger partial charge < -0.3 is 19.3 Å². The second-order valence-electron chi connectivity index (χ2n) is 10.3. The van der Waals surface area contributed by atoms with Crippen LogP contribution in [0.15, 0.2) is 58.2 Å². The fourth-order valence-corrected chi connectivity index (χ4v) is 6.80. The lowest BCUT2D eigenvalue weighted by atomic mass is 10.0. The van der Waals surface area contributed by atoms with Gasteiger partial charge in [-0.2, -0.15) is 5.26 Å². The number of benzene rings is 2. The Kier molecular flexibility index (Phi) is 9.08. The lowest BCUT2D eigenvalue weighted by Crippen LogP contribution is -2.48. The van der Waals surface area contributed by atoms with Crippen molar-refractivity contribution < 1.29 is 14.3 Å². The molecule has 2 saturated heterocycles. The summed E-state index contributed by atoms with van der Waals surface area (Å²) in [6.07, 6.45) is 2.37. The molecule has 222 valence electrons. The Morgan fingerprint density at radius 2 is 1.67 bits per heavy atom. The molecule has 2 fully saturated rings. The van der Waals surface area contributed by atoms with Crippen LogP contribution >= 0.6 is 24.0 Å². The van der Waals surface area contributed by atoms with Crippen molar-refractivity contribution in [2.24, 2.45) is 7.05 Å². The van der Waals surface area contributed by atoms with Crippen molar-refractivity contribution in [1.29, 1.82) is 5.26 Å². The highest BCUT2D eigenvalue weighted by molar-refractivity contribution is 8.26. The molecule has 1 amide bonds. The number of thiocarbonyl (C=S) groups is 1. The van der Waals surface area contributed by atoms with Crippen molar-refractivity contribution in [3.05, 3.63) is 86.0 Å². The summed E-state index contributed by atoms with van der Waals surface area (Å²) in [6, 6.07) is 18.0. The second kappa shape index (κ2) is 12.9. The third kappa shape index (κ3) is 5.98. The molecule has 2 aliphatic rings. The number of anilines is 2. The Labute approximate surface area is 260 Å². The van der Waals surface area contributed by atoms with Crippen molar-refractivity contribution in [1.82, 2.24) is 9.47 Å². The van der Waals surface area contributed by atoms with Crippen LogP contribution in [-0.2, 0) is 18.3 Å². The zero-order valence-corrected chi connectivity index (χ0v) is 26.3. The number of piperazine rings is 1. The van der Waals surface area contributed by atoms with Crippen LogP contribution in [0, 0.1) is 18.3 Å². The molecule has 0 radical (unpaired) electrons. The van der Waals surface area contributed by atoms with Crippen LogP contribution in [-0.4, -0.2) is 66.6 Å². The van der Waals surface area contributed by atoms with Gasteiger partial charge in [0.1, 0.15) is 21.8 Å². The van der Waals surface area contributed by atoms with Crippen molar-refractivity contribution in [3.8, 4) is 17.6 Å². The van der Waals surface area contributed by atoms with Gasteiger partial charge in [0.05, 0.1) is 19.1 Å². The smallest absolute Gasteiger partial charge is 0.270 e. The van der Waals surface area contributed by atoms with E-state index >= 15 is 0 Å². The number of aromatic nitrogens is 1. The summed E-state index contributed by atoms with van der Waals surface area (Å²) in [7, 11) is 4.87. The third-order valence-electron chi connectivity index (χ3n) is 7.89. The monoisotopic (exact) mass is 615 g/mol. The van der Waals surface area contributed by atoms with Crippen LogP contribution in [0.4, 0.5) is 11.5 Å². The van der Waals surface area contributed by atoms with Crippen LogP contribution in [0.2, 0.25) is 0 Å². The number of hydrogen-bond acceptors (Lipinski definition) is 9. The molecule has 11 heteroatoms. The molecule has 0 aliphatic carbocycles. The predicted octanol–water partition coefficient (Wildman–Crippen LogP) is 4.35. The largest absolute Gasteiger partial charge is 0.493 e. The first-order chi connectivity index (χ1) is 20.8. The standard InChI is InChI=1S/C32H33N5O4S2/c1-21-24(19-28-31(39)37(32(42)43-28)13-12-22-10-11-26(40-3)27(18-22)41-4)29(34(2)30(38)25(21)20-33)36-16-14-35(15-17-36)23-8-6-5-7-9-23/h5-11,18-19H,12-17H2,1-4H3/b28-19+. The number of carbonyl (C=O) groups is 1. The zero-order valence-electron chi connectivity index (χ0n) is 24.6. The SMILES string of the molecule is COc1ccc(CCN2C(=O)/C(=C\c3c(C)c(C#N)c(=O)n(C)c3N3CCN(c4ccccc4)CC3)SC2=S)cc1OC. The van der Waals surface area contributed by atoms with Crippen molar-refractivity contribution in [2.75, 3.05) is 56.7 Å². The molecule has 9 nitrogen and oxygen atoms in total. The molecule has 0 N–H and O–H groups in total. The van der Waals surface area contributed by atoms with Crippen LogP contribution in [0.25, 0.3) is 6.08 Å². The second-order valence-corrected chi connectivity index (χ2v) is 12.0. The number of nitrogens with zero attached hydrogens (tertiary/aromatic N) is 5. The number of hydrogen-bond donors (Lipinski definition) is 0.